The quantitative estimate of drug-likeness (QED) is 0.130. The Kier molecular flexibility index (Phi) is 11.4. The summed E-state index contributed by atoms with van der Waals surface area (Å²) in [7, 11) is 10.7. The zero-order chi connectivity index (χ0) is 27.8. The van der Waals surface area contributed by atoms with Crippen molar-refractivity contribution in [1.82, 2.24) is 0 Å². The van der Waals surface area contributed by atoms with E-state index in [0.29, 0.717) is 5.92 Å². The summed E-state index contributed by atoms with van der Waals surface area (Å²) in [5, 5.41) is 5.64. The Hall–Kier alpha value is -1.83. The fraction of sp³-hybridized carbons (Fsp3) is 0.229. The topological polar surface area (TPSA) is 0 Å². The molecule has 0 unspecified atom stereocenters. The van der Waals surface area contributed by atoms with Gasteiger partial charge in [0.15, 0.2) is 0 Å². The average Bonchev–Trinajstić information content (AvgIpc) is 3.54. The number of halogens is 2. The van der Waals surface area contributed by atoms with Gasteiger partial charge in [-0.2, -0.15) is 35.5 Å². The summed E-state index contributed by atoms with van der Waals surface area (Å²) in [6.07, 6.45) is 3.45. The standard InChI is InChI=1S/C23H27.C12H7Si.2ClH.Zr/c1-5-9-17-14-19-13-12-18(6-2)23(22(19)15-17)21-11-8-7-10-20(21)16(3)4;1-3-7-11-9(5-1)10-6-2-4-8-12(10)13-11;;;/h7-8,10-16H,5-6,9H2,1-4H3;1-7H;2*1H;/q2*-1;;;+4/p-2. The molecule has 1 aliphatic rings. The van der Waals surface area contributed by atoms with E-state index in [1.165, 1.54) is 72.9 Å². The minimum atomic E-state index is -0.826. The molecule has 0 saturated carbocycles. The maximum atomic E-state index is 4.93. The number of fused-ring (bicyclic) bond motifs is 4. The zero-order valence-electron chi connectivity index (χ0n) is 23.1. The zero-order valence-corrected chi connectivity index (χ0v) is 28.1. The maximum absolute atomic E-state index is 4.93. The van der Waals surface area contributed by atoms with Crippen LogP contribution in [0.15, 0.2) is 91.0 Å². The van der Waals surface area contributed by atoms with Gasteiger partial charge in [0.2, 0.25) is 0 Å². The molecule has 0 atom stereocenters. The van der Waals surface area contributed by atoms with Crippen LogP contribution in [0.3, 0.4) is 0 Å². The van der Waals surface area contributed by atoms with Gasteiger partial charge in [-0.15, -0.1) is 40.1 Å². The maximum Gasteiger partial charge on any atom is 0.0920 e. The van der Waals surface area contributed by atoms with E-state index >= 15 is 0 Å². The summed E-state index contributed by atoms with van der Waals surface area (Å²) in [5.74, 6) is 0.538. The van der Waals surface area contributed by atoms with Crippen LogP contribution in [-0.4, -0.2) is 9.52 Å². The van der Waals surface area contributed by atoms with Gasteiger partial charge in [-0.25, -0.2) is 0 Å². The first kappa shape index (κ1) is 30.1. The van der Waals surface area contributed by atoms with Crippen LogP contribution in [0.5, 0.6) is 0 Å². The monoisotopic (exact) mass is 642 g/mol. The number of aryl methyl sites for hydroxylation is 2. The molecular weight excluding hydrogens is 611 g/mol. The Morgan fingerprint density at radius 1 is 0.872 bits per heavy atom. The van der Waals surface area contributed by atoms with Gasteiger partial charge in [-0.3, -0.25) is 0 Å². The minimum Gasteiger partial charge on any atom is -0.184 e. The van der Waals surface area contributed by atoms with Crippen molar-refractivity contribution in [3.05, 3.63) is 114 Å². The van der Waals surface area contributed by atoms with Gasteiger partial charge in [0, 0.05) is 0 Å². The predicted molar refractivity (Wildman–Crippen MR) is 170 cm³/mol. The molecule has 0 nitrogen and oxygen atoms in total. The van der Waals surface area contributed by atoms with Crippen molar-refractivity contribution in [2.24, 2.45) is 0 Å². The van der Waals surface area contributed by atoms with Crippen molar-refractivity contribution in [3.63, 3.8) is 0 Å². The van der Waals surface area contributed by atoms with E-state index in [4.69, 9.17) is 17.0 Å². The Bertz CT molecular complexity index is 1480. The summed E-state index contributed by atoms with van der Waals surface area (Å²) < 4.78 is 0. The molecule has 39 heavy (non-hydrogen) atoms. The van der Waals surface area contributed by atoms with Crippen LogP contribution in [0.25, 0.3) is 33.0 Å². The van der Waals surface area contributed by atoms with Crippen molar-refractivity contribution in [2.75, 3.05) is 0 Å². The largest absolute Gasteiger partial charge is 0.184 e. The van der Waals surface area contributed by atoms with Gasteiger partial charge in [0.05, 0.1) is 9.52 Å². The first-order valence-electron chi connectivity index (χ1n) is 13.7. The fourth-order valence-corrected chi connectivity index (χ4v) is 6.70. The summed E-state index contributed by atoms with van der Waals surface area (Å²) in [5.41, 5.74) is 10.0. The van der Waals surface area contributed by atoms with Crippen LogP contribution < -0.4 is 10.4 Å². The third kappa shape index (κ3) is 7.09. The van der Waals surface area contributed by atoms with Crippen molar-refractivity contribution in [3.8, 4) is 22.3 Å². The summed E-state index contributed by atoms with van der Waals surface area (Å²) in [4.78, 5) is 0. The van der Waals surface area contributed by atoms with Crippen LogP contribution >= 0.6 is 17.0 Å². The molecule has 0 saturated heterocycles. The summed E-state index contributed by atoms with van der Waals surface area (Å²) >= 11 is -0.826. The molecule has 2 radical (unpaired) electrons. The van der Waals surface area contributed by atoms with Crippen molar-refractivity contribution >= 4 is 47.7 Å². The van der Waals surface area contributed by atoms with E-state index < -0.39 is 20.8 Å². The Morgan fingerprint density at radius 3 is 2.28 bits per heavy atom. The molecular formula is C35H34Cl2SiZr. The second-order valence-electron chi connectivity index (χ2n) is 10.0. The molecule has 0 amide bonds. The molecule has 4 heteroatoms. The molecule has 1 heterocycles. The summed E-state index contributed by atoms with van der Waals surface area (Å²) in [6.45, 7) is 9.10. The van der Waals surface area contributed by atoms with Crippen LogP contribution in [0.2, 0.25) is 0 Å². The van der Waals surface area contributed by atoms with Gasteiger partial charge in [-0.1, -0.05) is 105 Å². The van der Waals surface area contributed by atoms with Crippen LogP contribution in [0.1, 0.15) is 56.7 Å². The van der Waals surface area contributed by atoms with Crippen molar-refractivity contribution < 1.29 is 20.8 Å². The van der Waals surface area contributed by atoms with E-state index in [2.05, 4.69) is 119 Å². The van der Waals surface area contributed by atoms with Gasteiger partial charge in [0.1, 0.15) is 0 Å². The smallest absolute Gasteiger partial charge is 0.0920 e. The normalized spacial score (nSPS) is 11.2. The van der Waals surface area contributed by atoms with Gasteiger partial charge in [0.25, 0.3) is 0 Å². The number of hydrogen-bond donors (Lipinski definition) is 0. The number of benzene rings is 4. The predicted octanol–water partition coefficient (Wildman–Crippen LogP) is 9.36. The number of hydrogen-bond acceptors (Lipinski definition) is 0. The van der Waals surface area contributed by atoms with Crippen LogP contribution in [-0.2, 0) is 33.7 Å². The molecule has 0 bridgehead atoms. The average molecular weight is 645 g/mol. The first-order valence-corrected chi connectivity index (χ1v) is 21.0. The SMILES string of the molecule is CCCc1cc2c(-c3ccccc3C(C)C)c(CC)ccc2[cH-]1.[Cl][Zr+2][Cl].[c-]1cccc2c1[Si]c1ccccc1-2. The Morgan fingerprint density at radius 2 is 1.56 bits per heavy atom. The Labute approximate surface area is 255 Å². The molecule has 5 aromatic carbocycles. The van der Waals surface area contributed by atoms with E-state index in [1.807, 2.05) is 6.07 Å². The van der Waals surface area contributed by atoms with E-state index in [9.17, 15) is 0 Å². The molecule has 196 valence electrons. The molecule has 0 aliphatic carbocycles. The van der Waals surface area contributed by atoms with Crippen LogP contribution in [0, 0.1) is 6.07 Å². The molecule has 0 N–H and O–H groups in total. The molecule has 5 aromatic rings. The summed E-state index contributed by atoms with van der Waals surface area (Å²) in [6, 6.07) is 36.5. The molecule has 0 fully saturated rings. The third-order valence-corrected chi connectivity index (χ3v) is 8.51. The van der Waals surface area contributed by atoms with Gasteiger partial charge in [-0.05, 0) is 29.9 Å². The number of rotatable bonds is 5. The van der Waals surface area contributed by atoms with E-state index in [1.54, 1.807) is 0 Å². The Balaban J connectivity index is 0.000000184. The van der Waals surface area contributed by atoms with E-state index in [0.717, 1.165) is 15.9 Å². The molecule has 0 aromatic heterocycles. The first-order chi connectivity index (χ1) is 19.0. The fourth-order valence-electron chi connectivity index (χ4n) is 5.39. The second kappa shape index (κ2) is 14.7. The van der Waals surface area contributed by atoms with Crippen LogP contribution in [0.4, 0.5) is 0 Å². The molecule has 1 aliphatic heterocycles. The second-order valence-corrected chi connectivity index (χ2v) is 15.0. The van der Waals surface area contributed by atoms with E-state index in [-0.39, 0.29) is 0 Å². The van der Waals surface area contributed by atoms with Gasteiger partial charge < -0.3 is 0 Å². The van der Waals surface area contributed by atoms with Crippen molar-refractivity contribution in [2.45, 2.75) is 52.9 Å². The molecule has 0 spiro atoms. The third-order valence-electron chi connectivity index (χ3n) is 7.14. The molecule has 6 rings (SSSR count). The minimum absolute atomic E-state index is 0.538. The van der Waals surface area contributed by atoms with Gasteiger partial charge >= 0.3 is 37.9 Å². The van der Waals surface area contributed by atoms with Crippen molar-refractivity contribution in [1.29, 1.82) is 0 Å².